The smallest absolute Gasteiger partial charge is 0.253 e. The molecule has 0 bridgehead atoms. The summed E-state index contributed by atoms with van der Waals surface area (Å²) in [6.45, 7) is 8.16. The molecular formula is C24H29N5O. The fourth-order valence-electron chi connectivity index (χ4n) is 4.82. The lowest BCUT2D eigenvalue weighted by atomic mass is 10.1. The largest absolute Gasteiger partial charge is 0.337 e. The lowest BCUT2D eigenvalue weighted by molar-refractivity contribution is 0.0755. The molecule has 1 atom stereocenters. The van der Waals surface area contributed by atoms with Crippen molar-refractivity contribution in [2.45, 2.75) is 19.4 Å². The number of aryl methyl sites for hydroxylation is 1. The van der Waals surface area contributed by atoms with E-state index in [0.717, 1.165) is 73.8 Å². The average Bonchev–Trinajstić information content (AvgIpc) is 3.38. The number of amides is 1. The van der Waals surface area contributed by atoms with E-state index in [4.69, 9.17) is 0 Å². The Hall–Kier alpha value is -2.70. The second kappa shape index (κ2) is 7.85. The van der Waals surface area contributed by atoms with Crippen molar-refractivity contribution >= 4 is 16.9 Å². The number of likely N-dealkylation sites (N-methyl/N-ethyl adjacent to an activating group) is 1. The molecule has 3 heterocycles. The summed E-state index contributed by atoms with van der Waals surface area (Å²) >= 11 is 0. The number of carbonyl (C=O) groups is 1. The molecule has 6 nitrogen and oxygen atoms in total. The van der Waals surface area contributed by atoms with Crippen molar-refractivity contribution in [2.24, 2.45) is 0 Å². The second-order valence-corrected chi connectivity index (χ2v) is 8.56. The molecule has 2 saturated heterocycles. The summed E-state index contributed by atoms with van der Waals surface area (Å²) < 4.78 is 2.14. The number of carbonyl (C=O) groups excluding carboxylic acids is 1. The van der Waals surface area contributed by atoms with Crippen LogP contribution in [-0.2, 0) is 0 Å². The molecule has 2 aromatic carbocycles. The third-order valence-corrected chi connectivity index (χ3v) is 6.61. The number of likely N-dealkylation sites (tertiary alicyclic amines) is 1. The lowest BCUT2D eigenvalue weighted by Crippen LogP contribution is -2.50. The van der Waals surface area contributed by atoms with Gasteiger partial charge in [0.25, 0.3) is 5.91 Å². The molecule has 0 N–H and O–H groups in total. The van der Waals surface area contributed by atoms with Gasteiger partial charge in [0.05, 0.1) is 11.0 Å². The van der Waals surface area contributed by atoms with E-state index in [1.165, 1.54) is 0 Å². The fraction of sp³-hybridized carbons (Fsp3) is 0.417. The molecule has 0 saturated carbocycles. The van der Waals surface area contributed by atoms with Gasteiger partial charge in [0, 0.05) is 56.6 Å². The van der Waals surface area contributed by atoms with Gasteiger partial charge >= 0.3 is 0 Å². The predicted molar refractivity (Wildman–Crippen MR) is 119 cm³/mol. The molecule has 30 heavy (non-hydrogen) atoms. The fourth-order valence-corrected chi connectivity index (χ4v) is 4.82. The Morgan fingerprint density at radius 3 is 2.47 bits per heavy atom. The number of aromatic nitrogens is 2. The van der Waals surface area contributed by atoms with Gasteiger partial charge in [0.1, 0.15) is 5.82 Å². The van der Waals surface area contributed by atoms with Crippen LogP contribution in [0.2, 0.25) is 0 Å². The minimum Gasteiger partial charge on any atom is -0.337 e. The van der Waals surface area contributed by atoms with Crippen LogP contribution in [-0.4, -0.2) is 82.5 Å². The van der Waals surface area contributed by atoms with Gasteiger partial charge in [-0.2, -0.15) is 0 Å². The normalized spacial score (nSPS) is 20.9. The summed E-state index contributed by atoms with van der Waals surface area (Å²) in [5.41, 5.74) is 3.88. The van der Waals surface area contributed by atoms with E-state index < -0.39 is 0 Å². The van der Waals surface area contributed by atoms with E-state index in [9.17, 15) is 4.79 Å². The molecule has 0 radical (unpaired) electrons. The summed E-state index contributed by atoms with van der Waals surface area (Å²) in [6, 6.07) is 16.6. The zero-order valence-corrected chi connectivity index (χ0v) is 17.8. The van der Waals surface area contributed by atoms with E-state index in [0.29, 0.717) is 6.04 Å². The highest BCUT2D eigenvalue weighted by Crippen LogP contribution is 2.23. The highest BCUT2D eigenvalue weighted by molar-refractivity contribution is 5.94. The molecule has 1 aromatic heterocycles. The molecule has 0 spiro atoms. The quantitative estimate of drug-likeness (QED) is 0.675. The molecule has 5 rings (SSSR count). The molecule has 2 aliphatic rings. The third kappa shape index (κ3) is 3.50. The first-order valence-electron chi connectivity index (χ1n) is 10.9. The predicted octanol–water partition coefficient (Wildman–Crippen LogP) is 2.80. The molecule has 0 unspecified atom stereocenters. The highest BCUT2D eigenvalue weighted by Gasteiger charge is 2.32. The summed E-state index contributed by atoms with van der Waals surface area (Å²) in [4.78, 5) is 24.7. The van der Waals surface area contributed by atoms with Crippen molar-refractivity contribution in [2.75, 3.05) is 46.3 Å². The van der Waals surface area contributed by atoms with Gasteiger partial charge in [-0.05, 0) is 56.8 Å². The first-order chi connectivity index (χ1) is 14.6. The van der Waals surface area contributed by atoms with Gasteiger partial charge in [-0.3, -0.25) is 14.3 Å². The van der Waals surface area contributed by atoms with Crippen LogP contribution in [0.1, 0.15) is 22.6 Å². The van der Waals surface area contributed by atoms with E-state index >= 15 is 0 Å². The van der Waals surface area contributed by atoms with Gasteiger partial charge in [0.2, 0.25) is 0 Å². The van der Waals surface area contributed by atoms with Crippen LogP contribution in [0.3, 0.4) is 0 Å². The van der Waals surface area contributed by atoms with Crippen LogP contribution >= 0.6 is 0 Å². The molecule has 6 heteroatoms. The summed E-state index contributed by atoms with van der Waals surface area (Å²) in [5.74, 6) is 1.09. The van der Waals surface area contributed by atoms with Crippen molar-refractivity contribution in [1.82, 2.24) is 24.3 Å². The Morgan fingerprint density at radius 2 is 1.70 bits per heavy atom. The number of benzene rings is 2. The van der Waals surface area contributed by atoms with Crippen LogP contribution in [0.15, 0.2) is 48.5 Å². The zero-order chi connectivity index (χ0) is 20.7. The lowest BCUT2D eigenvalue weighted by Gasteiger charge is -2.36. The van der Waals surface area contributed by atoms with Crippen molar-refractivity contribution in [3.63, 3.8) is 0 Å². The van der Waals surface area contributed by atoms with Crippen molar-refractivity contribution < 1.29 is 4.79 Å². The Kier molecular flexibility index (Phi) is 5.05. The number of piperazine rings is 1. The second-order valence-electron chi connectivity index (χ2n) is 8.56. The van der Waals surface area contributed by atoms with Crippen LogP contribution in [0.25, 0.3) is 16.7 Å². The molecule has 156 valence electrons. The topological polar surface area (TPSA) is 44.6 Å². The van der Waals surface area contributed by atoms with Crippen LogP contribution < -0.4 is 0 Å². The van der Waals surface area contributed by atoms with Crippen LogP contribution in [0, 0.1) is 6.92 Å². The SMILES string of the molecule is Cc1nc2ccccc2n1-c1ccc(C(=O)N2CC[C@H](N3CCN(C)CC3)C2)cc1. The van der Waals surface area contributed by atoms with Gasteiger partial charge in [-0.15, -0.1) is 0 Å². The number of rotatable bonds is 3. The monoisotopic (exact) mass is 403 g/mol. The Balaban J connectivity index is 1.30. The minimum atomic E-state index is 0.144. The molecule has 2 aliphatic heterocycles. The first kappa shape index (κ1) is 19.3. The van der Waals surface area contributed by atoms with Gasteiger partial charge in [0.15, 0.2) is 0 Å². The number of nitrogens with zero attached hydrogens (tertiary/aromatic N) is 5. The van der Waals surface area contributed by atoms with Crippen molar-refractivity contribution in [3.8, 4) is 5.69 Å². The molecule has 3 aromatic rings. The van der Waals surface area contributed by atoms with Crippen molar-refractivity contribution in [1.29, 1.82) is 0 Å². The van der Waals surface area contributed by atoms with Crippen LogP contribution in [0.4, 0.5) is 0 Å². The standard InChI is InChI=1S/C24H29N5O/c1-18-25-22-5-3-4-6-23(22)29(18)20-9-7-19(8-10-20)24(30)28-12-11-21(17-28)27-15-13-26(2)14-16-27/h3-10,21H,11-17H2,1-2H3/t21-/m0/s1. The summed E-state index contributed by atoms with van der Waals surface area (Å²) in [7, 11) is 2.18. The van der Waals surface area contributed by atoms with E-state index in [1.54, 1.807) is 0 Å². The Bertz CT molecular complexity index is 1050. The van der Waals surface area contributed by atoms with Crippen LogP contribution in [0.5, 0.6) is 0 Å². The summed E-state index contributed by atoms with van der Waals surface area (Å²) in [5, 5.41) is 0. The number of hydrogen-bond acceptors (Lipinski definition) is 4. The van der Waals surface area contributed by atoms with E-state index in [-0.39, 0.29) is 5.91 Å². The Morgan fingerprint density at radius 1 is 0.967 bits per heavy atom. The Labute approximate surface area is 177 Å². The van der Waals surface area contributed by atoms with Gasteiger partial charge < -0.3 is 9.80 Å². The molecule has 2 fully saturated rings. The average molecular weight is 404 g/mol. The molecule has 0 aliphatic carbocycles. The van der Waals surface area contributed by atoms with Gasteiger partial charge in [-0.1, -0.05) is 12.1 Å². The maximum atomic E-state index is 13.1. The zero-order valence-electron chi connectivity index (χ0n) is 17.8. The van der Waals surface area contributed by atoms with Crippen molar-refractivity contribution in [3.05, 3.63) is 59.9 Å². The van der Waals surface area contributed by atoms with Gasteiger partial charge in [-0.25, -0.2) is 4.98 Å². The number of imidazole rings is 1. The summed E-state index contributed by atoms with van der Waals surface area (Å²) in [6.07, 6.45) is 1.08. The number of para-hydroxylation sites is 2. The number of hydrogen-bond donors (Lipinski definition) is 0. The number of fused-ring (bicyclic) bond motifs is 1. The highest BCUT2D eigenvalue weighted by atomic mass is 16.2. The maximum absolute atomic E-state index is 13.1. The molecular weight excluding hydrogens is 374 g/mol. The third-order valence-electron chi connectivity index (χ3n) is 6.61. The minimum absolute atomic E-state index is 0.144. The maximum Gasteiger partial charge on any atom is 0.253 e. The van der Waals surface area contributed by atoms with E-state index in [1.807, 2.05) is 54.3 Å². The molecule has 1 amide bonds. The first-order valence-corrected chi connectivity index (χ1v) is 10.9. The van der Waals surface area contributed by atoms with E-state index in [2.05, 4.69) is 32.5 Å².